The molecule has 0 aromatic carbocycles. The van der Waals surface area contributed by atoms with Gasteiger partial charge in [-0.25, -0.2) is 4.98 Å². The molecular weight excluding hydrogens is 308 g/mol. The third kappa shape index (κ3) is 4.14. The third-order valence-electron chi connectivity index (χ3n) is 4.08. The molecule has 0 bridgehead atoms. The molecule has 2 aromatic rings. The van der Waals surface area contributed by atoms with Gasteiger partial charge in [-0.2, -0.15) is 5.10 Å². The maximum atomic E-state index is 5.77. The fourth-order valence-electron chi connectivity index (χ4n) is 2.69. The molecule has 1 atom stereocenters. The van der Waals surface area contributed by atoms with Crippen molar-refractivity contribution < 1.29 is 9.15 Å². The smallest absolute Gasteiger partial charge is 0.216 e. The molecule has 0 aliphatic carbocycles. The number of ether oxygens (including phenoxy) is 1. The van der Waals surface area contributed by atoms with Crippen LogP contribution in [0.3, 0.4) is 0 Å². The van der Waals surface area contributed by atoms with Crippen LogP contribution >= 0.6 is 0 Å². The molecular formula is C16H24N6O2. The molecule has 130 valence electrons. The molecule has 3 N–H and O–H groups in total. The summed E-state index contributed by atoms with van der Waals surface area (Å²) in [6, 6.07) is 3.65. The highest BCUT2D eigenvalue weighted by Gasteiger charge is 2.29. The van der Waals surface area contributed by atoms with E-state index in [2.05, 4.69) is 37.7 Å². The minimum atomic E-state index is -0.0967. The van der Waals surface area contributed by atoms with Crippen LogP contribution < -0.4 is 10.6 Å². The van der Waals surface area contributed by atoms with Crippen LogP contribution in [0.4, 0.5) is 0 Å². The van der Waals surface area contributed by atoms with E-state index in [1.807, 2.05) is 12.1 Å². The van der Waals surface area contributed by atoms with Crippen LogP contribution in [-0.2, 0) is 11.2 Å². The molecule has 3 heterocycles. The minimum absolute atomic E-state index is 0.0967. The standard InChI is InChI=1S/C16H24N6O2/c1-16(7-4-10-24-16)11-19-15(17-2)18-8-6-13-20-14(22-21-13)12-5-3-9-23-12/h3,5,9H,4,6-8,10-11H2,1-2H3,(H2,17,18,19)(H,20,21,22). The van der Waals surface area contributed by atoms with Gasteiger partial charge in [-0.15, -0.1) is 0 Å². The largest absolute Gasteiger partial charge is 0.461 e. The summed E-state index contributed by atoms with van der Waals surface area (Å²) in [6.45, 7) is 4.42. The van der Waals surface area contributed by atoms with E-state index in [0.29, 0.717) is 24.6 Å². The number of guanidine groups is 1. The summed E-state index contributed by atoms with van der Waals surface area (Å²) in [5, 5.41) is 13.7. The molecule has 1 saturated heterocycles. The number of aromatic amines is 1. The maximum Gasteiger partial charge on any atom is 0.216 e. The second kappa shape index (κ2) is 7.48. The fourth-order valence-corrected chi connectivity index (χ4v) is 2.69. The lowest BCUT2D eigenvalue weighted by molar-refractivity contribution is 0.0243. The van der Waals surface area contributed by atoms with E-state index in [4.69, 9.17) is 9.15 Å². The third-order valence-corrected chi connectivity index (χ3v) is 4.08. The predicted molar refractivity (Wildman–Crippen MR) is 90.7 cm³/mol. The summed E-state index contributed by atoms with van der Waals surface area (Å²) < 4.78 is 11.1. The Kier molecular flexibility index (Phi) is 5.14. The number of nitrogens with zero attached hydrogens (tertiary/aromatic N) is 3. The highest BCUT2D eigenvalue weighted by atomic mass is 16.5. The molecule has 0 saturated carbocycles. The number of furan rings is 1. The molecule has 0 spiro atoms. The van der Waals surface area contributed by atoms with Gasteiger partial charge < -0.3 is 19.8 Å². The van der Waals surface area contributed by atoms with Crippen molar-refractivity contribution in [2.24, 2.45) is 4.99 Å². The number of hydrogen-bond acceptors (Lipinski definition) is 5. The van der Waals surface area contributed by atoms with Gasteiger partial charge in [0.05, 0.1) is 11.9 Å². The van der Waals surface area contributed by atoms with E-state index in [1.165, 1.54) is 0 Å². The van der Waals surface area contributed by atoms with E-state index in [0.717, 1.165) is 37.8 Å². The lowest BCUT2D eigenvalue weighted by atomic mass is 10.0. The monoisotopic (exact) mass is 332 g/mol. The first kappa shape index (κ1) is 16.5. The van der Waals surface area contributed by atoms with Crippen LogP contribution in [0.25, 0.3) is 11.6 Å². The summed E-state index contributed by atoms with van der Waals surface area (Å²) in [7, 11) is 1.76. The quantitative estimate of drug-likeness (QED) is 0.545. The highest BCUT2D eigenvalue weighted by Crippen LogP contribution is 2.23. The first-order chi connectivity index (χ1) is 11.7. The number of H-pyrrole nitrogens is 1. The predicted octanol–water partition coefficient (Wildman–Crippen LogP) is 1.34. The zero-order chi connectivity index (χ0) is 16.8. The summed E-state index contributed by atoms with van der Waals surface area (Å²) in [5.74, 6) is 2.80. The Bertz CT molecular complexity index is 658. The van der Waals surface area contributed by atoms with Crippen molar-refractivity contribution >= 4 is 5.96 Å². The second-order valence-electron chi connectivity index (χ2n) is 6.09. The zero-order valence-electron chi connectivity index (χ0n) is 14.1. The van der Waals surface area contributed by atoms with E-state index in [1.54, 1.807) is 13.3 Å². The van der Waals surface area contributed by atoms with Gasteiger partial charge in [0.15, 0.2) is 11.7 Å². The van der Waals surface area contributed by atoms with Gasteiger partial charge in [-0.3, -0.25) is 10.1 Å². The first-order valence-electron chi connectivity index (χ1n) is 8.22. The molecule has 0 radical (unpaired) electrons. The van der Waals surface area contributed by atoms with Crippen molar-refractivity contribution in [2.75, 3.05) is 26.7 Å². The Balaban J connectivity index is 1.43. The lowest BCUT2D eigenvalue weighted by Gasteiger charge is -2.24. The van der Waals surface area contributed by atoms with Crippen LogP contribution in [0.1, 0.15) is 25.6 Å². The van der Waals surface area contributed by atoms with Gasteiger partial charge in [-0.1, -0.05) is 0 Å². The van der Waals surface area contributed by atoms with Gasteiger partial charge >= 0.3 is 0 Å². The van der Waals surface area contributed by atoms with Crippen molar-refractivity contribution in [3.05, 3.63) is 24.2 Å². The van der Waals surface area contributed by atoms with Crippen molar-refractivity contribution in [2.45, 2.75) is 31.8 Å². The molecule has 24 heavy (non-hydrogen) atoms. The Morgan fingerprint density at radius 1 is 1.46 bits per heavy atom. The van der Waals surface area contributed by atoms with Gasteiger partial charge in [-0.05, 0) is 31.9 Å². The van der Waals surface area contributed by atoms with Crippen LogP contribution in [0.15, 0.2) is 27.8 Å². The Labute approximate surface area is 141 Å². The highest BCUT2D eigenvalue weighted by molar-refractivity contribution is 5.79. The maximum absolute atomic E-state index is 5.77. The van der Waals surface area contributed by atoms with E-state index < -0.39 is 0 Å². The van der Waals surface area contributed by atoms with Gasteiger partial charge in [0.1, 0.15) is 5.82 Å². The first-order valence-corrected chi connectivity index (χ1v) is 8.22. The van der Waals surface area contributed by atoms with Gasteiger partial charge in [0, 0.05) is 33.2 Å². The Hall–Kier alpha value is -2.35. The molecule has 0 amide bonds. The lowest BCUT2D eigenvalue weighted by Crippen LogP contribution is -2.46. The molecule has 1 aliphatic rings. The van der Waals surface area contributed by atoms with Crippen molar-refractivity contribution in [3.8, 4) is 11.6 Å². The number of aromatic nitrogens is 3. The van der Waals surface area contributed by atoms with Crippen molar-refractivity contribution in [1.29, 1.82) is 0 Å². The van der Waals surface area contributed by atoms with E-state index >= 15 is 0 Å². The molecule has 1 aliphatic heterocycles. The number of rotatable bonds is 6. The van der Waals surface area contributed by atoms with Gasteiger partial charge in [0.25, 0.3) is 0 Å². The van der Waals surface area contributed by atoms with Gasteiger partial charge in [0.2, 0.25) is 5.82 Å². The van der Waals surface area contributed by atoms with E-state index in [-0.39, 0.29) is 5.60 Å². The fraction of sp³-hybridized carbons (Fsp3) is 0.562. The molecule has 1 fully saturated rings. The van der Waals surface area contributed by atoms with E-state index in [9.17, 15) is 0 Å². The number of hydrogen-bond donors (Lipinski definition) is 3. The topological polar surface area (TPSA) is 100 Å². The molecule has 2 aromatic heterocycles. The molecule has 8 nitrogen and oxygen atoms in total. The summed E-state index contributed by atoms with van der Waals surface area (Å²) in [6.07, 6.45) is 4.51. The summed E-state index contributed by atoms with van der Waals surface area (Å²) in [5.41, 5.74) is -0.0967. The minimum Gasteiger partial charge on any atom is -0.461 e. The average molecular weight is 332 g/mol. The van der Waals surface area contributed by atoms with Crippen LogP contribution in [-0.4, -0.2) is 53.5 Å². The Morgan fingerprint density at radius 2 is 2.38 bits per heavy atom. The zero-order valence-corrected chi connectivity index (χ0v) is 14.1. The summed E-state index contributed by atoms with van der Waals surface area (Å²) in [4.78, 5) is 8.65. The molecule has 1 unspecified atom stereocenters. The van der Waals surface area contributed by atoms with Crippen LogP contribution in [0, 0.1) is 0 Å². The Morgan fingerprint density at radius 3 is 3.08 bits per heavy atom. The van der Waals surface area contributed by atoms with Crippen molar-refractivity contribution in [3.63, 3.8) is 0 Å². The second-order valence-corrected chi connectivity index (χ2v) is 6.09. The SMILES string of the molecule is CN=C(NCCc1nc(-c2ccco2)n[nH]1)NCC1(C)CCCO1. The number of nitrogens with one attached hydrogen (secondary N) is 3. The normalized spacial score (nSPS) is 21.2. The molecule has 3 rings (SSSR count). The van der Waals surface area contributed by atoms with Crippen LogP contribution in [0.2, 0.25) is 0 Å². The summed E-state index contributed by atoms with van der Waals surface area (Å²) >= 11 is 0. The molecule has 8 heteroatoms. The van der Waals surface area contributed by atoms with Crippen LogP contribution in [0.5, 0.6) is 0 Å². The van der Waals surface area contributed by atoms with Crippen molar-refractivity contribution in [1.82, 2.24) is 25.8 Å². The number of aliphatic imine (C=N–C) groups is 1. The average Bonchev–Trinajstić information content (AvgIpc) is 3.32.